The normalized spacial score (nSPS) is 23.2. The van der Waals surface area contributed by atoms with E-state index in [-0.39, 0.29) is 47.7 Å². The fourth-order valence-corrected chi connectivity index (χ4v) is 5.55. The van der Waals surface area contributed by atoms with Crippen molar-refractivity contribution in [3.05, 3.63) is 59.2 Å². The molecule has 0 spiro atoms. The maximum Gasteiger partial charge on any atom is 0.358 e. The summed E-state index contributed by atoms with van der Waals surface area (Å²) >= 11 is 0. The summed E-state index contributed by atoms with van der Waals surface area (Å²) in [5, 5.41) is 4.06. The molecule has 3 aliphatic rings. The summed E-state index contributed by atoms with van der Waals surface area (Å²) in [6, 6.07) is 4.26. The van der Waals surface area contributed by atoms with Crippen LogP contribution in [-0.4, -0.2) is 46.4 Å². The molecule has 2 aromatic heterocycles. The summed E-state index contributed by atoms with van der Waals surface area (Å²) < 4.78 is 45.7. The smallest absolute Gasteiger partial charge is 0.358 e. The molecule has 0 amide bonds. The fraction of sp³-hybridized carbons (Fsp3) is 0.462. The van der Waals surface area contributed by atoms with E-state index in [1.807, 2.05) is 0 Å². The number of nitrogens with zero attached hydrogens (tertiary/aromatic N) is 4. The molecular weight excluding hydrogens is 470 g/mol. The van der Waals surface area contributed by atoms with Gasteiger partial charge in [-0.15, -0.1) is 0 Å². The number of halogens is 2. The Morgan fingerprint density at radius 2 is 1.81 bits per heavy atom. The second kappa shape index (κ2) is 9.24. The van der Waals surface area contributed by atoms with Crippen molar-refractivity contribution in [2.45, 2.75) is 69.2 Å². The molecule has 1 saturated carbocycles. The summed E-state index contributed by atoms with van der Waals surface area (Å²) in [5.41, 5.74) is 0.833. The van der Waals surface area contributed by atoms with Crippen molar-refractivity contribution in [1.29, 1.82) is 0 Å². The van der Waals surface area contributed by atoms with Crippen LogP contribution in [0, 0.1) is 11.6 Å². The fourth-order valence-electron chi connectivity index (χ4n) is 5.55. The Balaban J connectivity index is 1.18. The van der Waals surface area contributed by atoms with Crippen molar-refractivity contribution in [1.82, 2.24) is 15.1 Å². The molecule has 3 fully saturated rings. The quantitative estimate of drug-likeness (QED) is 0.431. The van der Waals surface area contributed by atoms with Crippen molar-refractivity contribution in [2.75, 3.05) is 12.0 Å². The lowest BCUT2D eigenvalue weighted by molar-refractivity contribution is 0.0145. The van der Waals surface area contributed by atoms with Crippen LogP contribution in [0.4, 0.5) is 14.6 Å². The molecule has 188 valence electrons. The summed E-state index contributed by atoms with van der Waals surface area (Å²) in [7, 11) is 1.31. The molecule has 2 bridgehead atoms. The summed E-state index contributed by atoms with van der Waals surface area (Å²) in [5.74, 6) is -0.215. The van der Waals surface area contributed by atoms with Crippen LogP contribution in [0.15, 0.2) is 35.1 Å². The van der Waals surface area contributed by atoms with Gasteiger partial charge in [-0.2, -0.15) is 0 Å². The lowest BCUT2D eigenvalue weighted by Gasteiger charge is -2.39. The Labute approximate surface area is 206 Å². The maximum absolute atomic E-state index is 14.5. The largest absolute Gasteiger partial charge is 0.464 e. The van der Waals surface area contributed by atoms with Crippen LogP contribution < -0.4 is 4.90 Å². The Bertz CT molecular complexity index is 1240. The number of ether oxygens (including phenoxy) is 2. The lowest BCUT2D eigenvalue weighted by atomic mass is 9.99. The van der Waals surface area contributed by atoms with E-state index >= 15 is 0 Å². The highest BCUT2D eigenvalue weighted by molar-refractivity contribution is 5.86. The minimum Gasteiger partial charge on any atom is -0.464 e. The van der Waals surface area contributed by atoms with Gasteiger partial charge >= 0.3 is 5.97 Å². The zero-order chi connectivity index (χ0) is 24.8. The molecular formula is C26H26F2N4O4. The van der Waals surface area contributed by atoms with E-state index < -0.39 is 17.6 Å². The van der Waals surface area contributed by atoms with Crippen LogP contribution >= 0.6 is 0 Å². The summed E-state index contributed by atoms with van der Waals surface area (Å²) in [6.07, 6.45) is 8.61. The van der Waals surface area contributed by atoms with Crippen LogP contribution in [-0.2, 0) is 16.1 Å². The third-order valence-corrected chi connectivity index (χ3v) is 7.42. The van der Waals surface area contributed by atoms with Gasteiger partial charge in [0.1, 0.15) is 28.9 Å². The van der Waals surface area contributed by atoms with Gasteiger partial charge in [0.2, 0.25) is 0 Å². The molecule has 10 heteroatoms. The first-order valence-corrected chi connectivity index (χ1v) is 12.3. The predicted octanol–water partition coefficient (Wildman–Crippen LogP) is 4.79. The lowest BCUT2D eigenvalue weighted by Crippen LogP contribution is -2.46. The zero-order valence-electron chi connectivity index (χ0n) is 19.8. The van der Waals surface area contributed by atoms with E-state index in [4.69, 9.17) is 14.0 Å². The Kier molecular flexibility index (Phi) is 5.91. The number of esters is 1. The number of piperidine rings is 1. The topological polar surface area (TPSA) is 90.6 Å². The molecule has 3 atom stereocenters. The number of benzene rings is 1. The van der Waals surface area contributed by atoms with Crippen molar-refractivity contribution in [3.63, 3.8) is 0 Å². The number of fused-ring (bicyclic) bond motifs is 2. The van der Waals surface area contributed by atoms with Gasteiger partial charge in [0.15, 0.2) is 5.69 Å². The van der Waals surface area contributed by atoms with Gasteiger partial charge in [-0.1, -0.05) is 11.2 Å². The second-order valence-electron chi connectivity index (χ2n) is 9.69. The average molecular weight is 497 g/mol. The SMILES string of the molecule is COC(=O)c1cnc(N2[C@@H]3CC[C@H]2CC(OCc2c(-c4c(F)cccc4F)noc2C2CC2)C3)cn1. The average Bonchev–Trinajstić information content (AvgIpc) is 3.59. The van der Waals surface area contributed by atoms with Crippen molar-refractivity contribution < 1.29 is 27.6 Å². The van der Waals surface area contributed by atoms with Gasteiger partial charge in [0.25, 0.3) is 0 Å². The molecule has 1 unspecified atom stereocenters. The van der Waals surface area contributed by atoms with Gasteiger partial charge in [-0.25, -0.2) is 23.5 Å². The first kappa shape index (κ1) is 23.0. The summed E-state index contributed by atoms with van der Waals surface area (Å²) in [6.45, 7) is 0.191. The molecule has 0 radical (unpaired) electrons. The zero-order valence-corrected chi connectivity index (χ0v) is 19.8. The van der Waals surface area contributed by atoms with E-state index in [1.54, 1.807) is 6.20 Å². The highest BCUT2D eigenvalue weighted by Gasteiger charge is 2.42. The van der Waals surface area contributed by atoms with Crippen LogP contribution in [0.2, 0.25) is 0 Å². The van der Waals surface area contributed by atoms with Crippen molar-refractivity contribution >= 4 is 11.8 Å². The number of carbonyl (C=O) groups is 1. The number of methoxy groups -OCH3 is 1. The molecule has 4 heterocycles. The Morgan fingerprint density at radius 1 is 1.08 bits per heavy atom. The monoisotopic (exact) mass is 496 g/mol. The number of hydrogen-bond donors (Lipinski definition) is 0. The van der Waals surface area contributed by atoms with Crippen LogP contribution in [0.5, 0.6) is 0 Å². The van der Waals surface area contributed by atoms with Gasteiger partial charge in [-0.3, -0.25) is 0 Å². The number of hydrogen-bond acceptors (Lipinski definition) is 8. The third-order valence-electron chi connectivity index (χ3n) is 7.42. The van der Waals surface area contributed by atoms with E-state index in [0.717, 1.165) is 44.3 Å². The van der Waals surface area contributed by atoms with E-state index in [0.29, 0.717) is 11.3 Å². The highest BCUT2D eigenvalue weighted by atomic mass is 19.1. The van der Waals surface area contributed by atoms with Crippen molar-refractivity contribution in [3.8, 4) is 11.3 Å². The van der Waals surface area contributed by atoms with E-state index in [9.17, 15) is 13.6 Å². The van der Waals surface area contributed by atoms with E-state index in [2.05, 4.69) is 20.0 Å². The predicted molar refractivity (Wildman–Crippen MR) is 124 cm³/mol. The molecule has 3 aromatic rings. The minimum atomic E-state index is -0.669. The van der Waals surface area contributed by atoms with E-state index in [1.165, 1.54) is 31.5 Å². The first-order chi connectivity index (χ1) is 17.5. The van der Waals surface area contributed by atoms with Gasteiger partial charge in [0, 0.05) is 23.6 Å². The molecule has 2 saturated heterocycles. The molecule has 36 heavy (non-hydrogen) atoms. The molecule has 2 aliphatic heterocycles. The minimum absolute atomic E-state index is 0.0127. The molecule has 0 N–H and O–H groups in total. The third kappa shape index (κ3) is 4.13. The highest BCUT2D eigenvalue weighted by Crippen LogP contribution is 2.45. The molecule has 8 nitrogen and oxygen atoms in total. The van der Waals surface area contributed by atoms with Crippen LogP contribution in [0.3, 0.4) is 0 Å². The number of carbonyl (C=O) groups excluding carboxylic acids is 1. The van der Waals surface area contributed by atoms with Crippen LogP contribution in [0.25, 0.3) is 11.3 Å². The second-order valence-corrected chi connectivity index (χ2v) is 9.69. The molecule has 6 rings (SSSR count). The first-order valence-electron chi connectivity index (χ1n) is 12.3. The van der Waals surface area contributed by atoms with Crippen molar-refractivity contribution in [2.24, 2.45) is 0 Å². The summed E-state index contributed by atoms with van der Waals surface area (Å²) in [4.78, 5) is 22.6. The van der Waals surface area contributed by atoms with Gasteiger partial charge < -0.3 is 18.9 Å². The van der Waals surface area contributed by atoms with Crippen LogP contribution in [0.1, 0.15) is 66.3 Å². The standard InChI is InChI=1S/C26H26F2N4O4/c1-34-26(33)21-11-30-22(12-29-21)32-15-7-8-16(32)10-17(9-15)35-13-18-24(31-36-25(18)14-5-6-14)23-19(27)3-2-4-20(23)28/h2-4,11-12,14-17H,5-10,13H2,1H3/t15-,16+,17?. The molecule has 1 aromatic carbocycles. The number of anilines is 1. The Morgan fingerprint density at radius 3 is 2.42 bits per heavy atom. The van der Waals surface area contributed by atoms with Gasteiger partial charge in [-0.05, 0) is 50.7 Å². The number of rotatable bonds is 7. The Hall–Kier alpha value is -3.40. The maximum atomic E-state index is 14.5. The van der Waals surface area contributed by atoms with Gasteiger partial charge in [0.05, 0.1) is 37.8 Å². The molecule has 1 aliphatic carbocycles. The number of aromatic nitrogens is 3.